The monoisotopic (exact) mass is 600 g/mol. The Balaban J connectivity index is 1.35. The summed E-state index contributed by atoms with van der Waals surface area (Å²) in [6, 6.07) is 7.46. The number of hydrogen-bond acceptors (Lipinski definition) is 12. The maximum Gasteiger partial charge on any atom is 0.243 e. The van der Waals surface area contributed by atoms with Crippen LogP contribution in [-0.2, 0) is 19.5 Å². The highest BCUT2D eigenvalue weighted by atomic mass is 32.2. The molecule has 3 aliphatic rings. The molecule has 0 radical (unpaired) electrons. The highest BCUT2D eigenvalue weighted by molar-refractivity contribution is 7.89. The van der Waals surface area contributed by atoms with Crippen LogP contribution in [0.2, 0.25) is 0 Å². The molecule has 3 aliphatic heterocycles. The Morgan fingerprint density at radius 3 is 2.57 bits per heavy atom. The van der Waals surface area contributed by atoms with Gasteiger partial charge < -0.3 is 30.2 Å². The van der Waals surface area contributed by atoms with Gasteiger partial charge in [0, 0.05) is 51.9 Å². The van der Waals surface area contributed by atoms with Crippen molar-refractivity contribution in [3.8, 4) is 11.8 Å². The van der Waals surface area contributed by atoms with Crippen LogP contribution < -0.4 is 20.7 Å². The summed E-state index contributed by atoms with van der Waals surface area (Å²) in [6.45, 7) is 9.03. The predicted octanol–water partition coefficient (Wildman–Crippen LogP) is 2.58. The number of aromatic nitrogens is 2. The number of piperidine rings is 1. The Hall–Kier alpha value is -3.22. The molecule has 14 heteroatoms. The second-order valence-corrected chi connectivity index (χ2v) is 13.4. The molecular weight excluding hydrogens is 560 g/mol. The van der Waals surface area contributed by atoms with E-state index in [1.807, 2.05) is 13.8 Å². The number of morpholine rings is 1. The van der Waals surface area contributed by atoms with Crippen LogP contribution in [0.1, 0.15) is 38.2 Å². The van der Waals surface area contributed by atoms with Crippen LogP contribution >= 0.6 is 0 Å². The van der Waals surface area contributed by atoms with E-state index in [9.17, 15) is 13.7 Å². The number of sulfonamides is 1. The van der Waals surface area contributed by atoms with Gasteiger partial charge in [0.1, 0.15) is 17.4 Å². The normalized spacial score (nSPS) is 20.4. The van der Waals surface area contributed by atoms with Crippen LogP contribution in [0, 0.1) is 11.3 Å². The van der Waals surface area contributed by atoms with Crippen molar-refractivity contribution in [3.05, 3.63) is 23.8 Å². The smallest absolute Gasteiger partial charge is 0.243 e. The number of nitrogens with one attached hydrogen (secondary N) is 3. The Kier molecular flexibility index (Phi) is 9.05. The fourth-order valence-corrected chi connectivity index (χ4v) is 7.29. The number of fused-ring (bicyclic) bond motifs is 1. The minimum Gasteiger partial charge on any atom is -0.495 e. The standard InChI is InChI=1S/C28H40N8O5S/c1-28(2,18-39-3)34-26-24-19(16-29)17-30-25(24)32-27(33-26)31-22-6-5-21(15-23(22)40-4)42(37,38)36-9-7-20(8-10-36)35-11-13-41-14-12-35/h5-6,15,19-20H,7-14,17-18H2,1-4H3,(H3,30,31,32,33,34). The van der Waals surface area contributed by atoms with E-state index in [2.05, 4.69) is 31.9 Å². The summed E-state index contributed by atoms with van der Waals surface area (Å²) in [5.41, 5.74) is 0.763. The van der Waals surface area contributed by atoms with E-state index in [4.69, 9.17) is 19.2 Å². The molecule has 3 N–H and O–H groups in total. The summed E-state index contributed by atoms with van der Waals surface area (Å²) in [4.78, 5) is 11.9. The van der Waals surface area contributed by atoms with Crippen LogP contribution in [0.3, 0.4) is 0 Å². The highest BCUT2D eigenvalue weighted by Gasteiger charge is 2.34. The number of ether oxygens (including phenoxy) is 3. The molecule has 2 fully saturated rings. The molecular formula is C28H40N8O5S. The third-order valence-corrected chi connectivity index (χ3v) is 9.82. The number of methoxy groups -OCH3 is 2. The van der Waals surface area contributed by atoms with Crippen molar-refractivity contribution in [2.45, 2.75) is 49.1 Å². The van der Waals surface area contributed by atoms with Crippen LogP contribution in [0.5, 0.6) is 5.75 Å². The molecule has 0 spiro atoms. The van der Waals surface area contributed by atoms with E-state index in [-0.39, 0.29) is 10.8 Å². The molecule has 0 aliphatic carbocycles. The largest absolute Gasteiger partial charge is 0.495 e. The molecule has 4 heterocycles. The maximum atomic E-state index is 13.6. The first-order chi connectivity index (χ1) is 20.1. The van der Waals surface area contributed by atoms with E-state index in [1.165, 1.54) is 13.2 Å². The van der Waals surface area contributed by atoms with Crippen LogP contribution in [0.15, 0.2) is 23.1 Å². The molecule has 42 heavy (non-hydrogen) atoms. The molecule has 1 aromatic heterocycles. The van der Waals surface area contributed by atoms with Gasteiger partial charge in [0.15, 0.2) is 0 Å². The van der Waals surface area contributed by atoms with Gasteiger partial charge in [-0.2, -0.15) is 19.5 Å². The van der Waals surface area contributed by atoms with Crippen molar-refractivity contribution in [1.82, 2.24) is 19.2 Å². The van der Waals surface area contributed by atoms with Crippen LogP contribution in [0.25, 0.3) is 0 Å². The summed E-state index contributed by atoms with van der Waals surface area (Å²) in [7, 11) is -0.577. The van der Waals surface area contributed by atoms with Gasteiger partial charge in [-0.05, 0) is 38.8 Å². The predicted molar refractivity (Wildman–Crippen MR) is 159 cm³/mol. The van der Waals surface area contributed by atoms with E-state index in [0.29, 0.717) is 60.9 Å². The molecule has 13 nitrogen and oxygen atoms in total. The van der Waals surface area contributed by atoms with Crippen molar-refractivity contribution >= 4 is 33.3 Å². The molecule has 1 unspecified atom stereocenters. The zero-order valence-electron chi connectivity index (χ0n) is 24.6. The lowest BCUT2D eigenvalue weighted by atomic mass is 10.0. The van der Waals surface area contributed by atoms with E-state index in [0.717, 1.165) is 39.1 Å². The topological polar surface area (TPSA) is 154 Å². The van der Waals surface area contributed by atoms with Gasteiger partial charge in [-0.25, -0.2) is 8.42 Å². The first-order valence-corrected chi connectivity index (χ1v) is 15.7. The van der Waals surface area contributed by atoms with E-state index in [1.54, 1.807) is 23.5 Å². The van der Waals surface area contributed by atoms with Gasteiger partial charge in [-0.1, -0.05) is 0 Å². The van der Waals surface area contributed by atoms with E-state index < -0.39 is 21.5 Å². The van der Waals surface area contributed by atoms with Crippen LogP contribution in [0.4, 0.5) is 23.3 Å². The van der Waals surface area contributed by atoms with Crippen molar-refractivity contribution in [3.63, 3.8) is 0 Å². The number of benzene rings is 1. The van der Waals surface area contributed by atoms with Gasteiger partial charge in [0.25, 0.3) is 0 Å². The zero-order chi connectivity index (χ0) is 29.9. The van der Waals surface area contributed by atoms with E-state index >= 15 is 0 Å². The summed E-state index contributed by atoms with van der Waals surface area (Å²) in [6.07, 6.45) is 1.59. The molecule has 0 bridgehead atoms. The van der Waals surface area contributed by atoms with Gasteiger partial charge in [0.2, 0.25) is 16.0 Å². The molecule has 228 valence electrons. The highest BCUT2D eigenvalue weighted by Crippen LogP contribution is 2.38. The molecule has 1 atom stereocenters. The number of nitriles is 1. The van der Waals surface area contributed by atoms with Gasteiger partial charge in [-0.15, -0.1) is 0 Å². The molecule has 0 saturated carbocycles. The number of rotatable bonds is 10. The quantitative estimate of drug-likeness (QED) is 0.367. The molecule has 1 aromatic carbocycles. The van der Waals surface area contributed by atoms with Crippen molar-refractivity contribution in [2.75, 3.05) is 82.7 Å². The summed E-state index contributed by atoms with van der Waals surface area (Å²) < 4.78 is 45.1. The zero-order valence-corrected chi connectivity index (χ0v) is 25.5. The van der Waals surface area contributed by atoms with Gasteiger partial charge in [-0.3, -0.25) is 4.90 Å². The van der Waals surface area contributed by atoms with Crippen molar-refractivity contribution in [1.29, 1.82) is 5.26 Å². The SMILES string of the molecule is COCC(C)(C)Nc1nc(Nc2ccc(S(=O)(=O)N3CCC(N4CCOCC4)CC3)cc2OC)nc2c1C(C#N)CN2. The average molecular weight is 601 g/mol. The molecule has 2 saturated heterocycles. The van der Waals surface area contributed by atoms with Crippen LogP contribution in [-0.4, -0.2) is 106 Å². The summed E-state index contributed by atoms with van der Waals surface area (Å²) in [5.74, 6) is 1.32. The van der Waals surface area contributed by atoms with Gasteiger partial charge >= 0.3 is 0 Å². The van der Waals surface area contributed by atoms with Crippen molar-refractivity contribution < 1.29 is 22.6 Å². The number of anilines is 4. The third-order valence-electron chi connectivity index (χ3n) is 7.93. The lowest BCUT2D eigenvalue weighted by Crippen LogP contribution is -2.50. The Morgan fingerprint density at radius 1 is 1.17 bits per heavy atom. The van der Waals surface area contributed by atoms with Gasteiger partial charge in [0.05, 0.1) is 60.6 Å². The Bertz CT molecular complexity index is 1420. The molecule has 5 rings (SSSR count). The third kappa shape index (κ3) is 6.40. The minimum absolute atomic E-state index is 0.173. The first-order valence-electron chi connectivity index (χ1n) is 14.2. The fourth-order valence-electron chi connectivity index (χ4n) is 5.81. The summed E-state index contributed by atoms with van der Waals surface area (Å²) in [5, 5.41) is 19.4. The minimum atomic E-state index is -3.70. The molecule has 2 aromatic rings. The second-order valence-electron chi connectivity index (χ2n) is 11.4. The lowest BCUT2D eigenvalue weighted by Gasteiger charge is -2.39. The molecule has 0 amide bonds. The first kappa shape index (κ1) is 30.2. The maximum absolute atomic E-state index is 13.6. The lowest BCUT2D eigenvalue weighted by molar-refractivity contribution is 0.00610. The second kappa shape index (κ2) is 12.6. The van der Waals surface area contributed by atoms with Crippen molar-refractivity contribution in [2.24, 2.45) is 0 Å². The number of hydrogen-bond donors (Lipinski definition) is 3. The Morgan fingerprint density at radius 2 is 1.90 bits per heavy atom. The Labute approximate surface area is 247 Å². The average Bonchev–Trinajstić information content (AvgIpc) is 3.41. The number of nitrogens with zero attached hydrogens (tertiary/aromatic N) is 5. The summed E-state index contributed by atoms with van der Waals surface area (Å²) >= 11 is 0. The fraction of sp³-hybridized carbons (Fsp3) is 0.607.